The van der Waals surface area contributed by atoms with E-state index in [1.54, 1.807) is 24.3 Å². The lowest BCUT2D eigenvalue weighted by molar-refractivity contribution is -0.926. The highest BCUT2D eigenvalue weighted by Crippen LogP contribution is 2.35. The summed E-state index contributed by atoms with van der Waals surface area (Å²) >= 11 is 0. The molecule has 0 saturated carbocycles. The number of quaternary nitrogens is 1. The van der Waals surface area contributed by atoms with E-state index in [9.17, 15) is 19.5 Å². The number of ether oxygens (including phenoxy) is 4. The van der Waals surface area contributed by atoms with Crippen molar-refractivity contribution >= 4 is 17.8 Å². The van der Waals surface area contributed by atoms with Gasteiger partial charge in [0.25, 0.3) is 11.8 Å². The van der Waals surface area contributed by atoms with Gasteiger partial charge < -0.3 is 28.5 Å². The minimum atomic E-state index is -1.41. The molecule has 47 heavy (non-hydrogen) atoms. The van der Waals surface area contributed by atoms with Crippen LogP contribution in [0.5, 0.6) is 0 Å². The number of carbonyl (C=O) groups is 3. The highest BCUT2D eigenvalue weighted by Gasteiger charge is 2.55. The number of hydrogen-bond acceptors (Lipinski definition) is 8. The predicted octanol–water partition coefficient (Wildman–Crippen LogP) is 4.23. The molecule has 3 aromatic rings. The number of nitrogens with zero attached hydrogens (tertiary/aromatic N) is 2. The average molecular weight is 644 g/mol. The van der Waals surface area contributed by atoms with Crippen molar-refractivity contribution in [2.45, 2.75) is 76.6 Å². The molecule has 0 unspecified atom stereocenters. The number of aliphatic hydroxyl groups is 1. The van der Waals surface area contributed by atoms with E-state index in [0.29, 0.717) is 0 Å². The molecular weight excluding hydrogens is 600 g/mol. The molecule has 0 radical (unpaired) electrons. The zero-order valence-electron chi connectivity index (χ0n) is 27.0. The Balaban J connectivity index is 1.23. The SMILES string of the molecule is CC(=O)O[C@H]1[C@H](O)[C@@H](COCc2ccccc2)O[C@@H](OCc2ccc(C[N+]3(C)CCCCC3)cc2)[C@@H]1N1C(=O)c2ccccc2C1=O. The molecule has 5 atom stereocenters. The van der Waals surface area contributed by atoms with Crippen LogP contribution in [0.25, 0.3) is 0 Å². The van der Waals surface area contributed by atoms with Crippen LogP contribution in [-0.4, -0.2) is 89.7 Å². The number of amides is 2. The highest BCUT2D eigenvalue weighted by atomic mass is 16.7. The number of esters is 1. The number of benzene rings is 3. The summed E-state index contributed by atoms with van der Waals surface area (Å²) in [5.41, 5.74) is 3.49. The van der Waals surface area contributed by atoms with Gasteiger partial charge in [0.05, 0.1) is 51.1 Å². The van der Waals surface area contributed by atoms with Crippen LogP contribution in [0.1, 0.15) is 63.6 Å². The number of carbonyl (C=O) groups excluding carboxylic acids is 3. The second-order valence-corrected chi connectivity index (χ2v) is 13.0. The third-order valence-electron chi connectivity index (χ3n) is 9.36. The van der Waals surface area contributed by atoms with Gasteiger partial charge in [0, 0.05) is 12.5 Å². The molecule has 6 rings (SSSR count). The van der Waals surface area contributed by atoms with Crippen LogP contribution in [0.4, 0.5) is 0 Å². The van der Waals surface area contributed by atoms with E-state index in [0.717, 1.165) is 27.1 Å². The quantitative estimate of drug-likeness (QED) is 0.188. The molecule has 3 heterocycles. The van der Waals surface area contributed by atoms with E-state index in [2.05, 4.69) is 19.2 Å². The van der Waals surface area contributed by atoms with Gasteiger partial charge in [-0.3, -0.25) is 19.3 Å². The molecule has 0 bridgehead atoms. The Morgan fingerprint density at radius 2 is 1.45 bits per heavy atom. The van der Waals surface area contributed by atoms with E-state index in [1.165, 1.54) is 44.8 Å². The Bertz CT molecular complexity index is 1520. The van der Waals surface area contributed by atoms with Gasteiger partial charge in [0.2, 0.25) is 0 Å². The lowest BCUT2D eigenvalue weighted by Crippen LogP contribution is -2.66. The summed E-state index contributed by atoms with van der Waals surface area (Å²) in [6, 6.07) is 23.0. The van der Waals surface area contributed by atoms with Crippen molar-refractivity contribution in [3.8, 4) is 0 Å². The summed E-state index contributed by atoms with van der Waals surface area (Å²) in [6.07, 6.45) is -1.15. The zero-order chi connectivity index (χ0) is 33.0. The molecule has 2 fully saturated rings. The van der Waals surface area contributed by atoms with Crippen molar-refractivity contribution in [1.29, 1.82) is 0 Å². The Morgan fingerprint density at radius 3 is 2.09 bits per heavy atom. The van der Waals surface area contributed by atoms with Crippen molar-refractivity contribution in [3.05, 3.63) is 107 Å². The fourth-order valence-corrected chi connectivity index (χ4v) is 6.92. The maximum atomic E-state index is 13.6. The topological polar surface area (TPSA) is 112 Å². The fraction of sp³-hybridized carbons (Fsp3) is 0.432. The maximum absolute atomic E-state index is 13.6. The molecule has 0 spiro atoms. The first kappa shape index (κ1) is 33.0. The smallest absolute Gasteiger partial charge is 0.303 e. The van der Waals surface area contributed by atoms with E-state index >= 15 is 0 Å². The molecular formula is C37H43N2O8+. The number of piperidine rings is 1. The van der Waals surface area contributed by atoms with E-state index < -0.39 is 48.4 Å². The Morgan fingerprint density at radius 1 is 0.851 bits per heavy atom. The molecule has 0 aromatic heterocycles. The van der Waals surface area contributed by atoms with Crippen LogP contribution < -0.4 is 0 Å². The second-order valence-electron chi connectivity index (χ2n) is 13.0. The predicted molar refractivity (Wildman–Crippen MR) is 172 cm³/mol. The van der Waals surface area contributed by atoms with Crippen LogP contribution in [0.15, 0.2) is 78.9 Å². The van der Waals surface area contributed by atoms with Crippen LogP contribution in [-0.2, 0) is 43.5 Å². The van der Waals surface area contributed by atoms with Crippen molar-refractivity contribution in [2.75, 3.05) is 26.7 Å². The summed E-state index contributed by atoms with van der Waals surface area (Å²) in [5, 5.41) is 11.5. The Kier molecular flexibility index (Phi) is 10.1. The molecule has 248 valence electrons. The standard InChI is InChI=1S/C37H43N2O8/c1-25(40)46-34-32(38-35(42)29-13-7-8-14-30(29)36(38)43)37(47-31(33(34)41)24-44-22-27-11-5-3-6-12-27)45-23-28-17-15-26(16-18-28)21-39(2)19-9-4-10-20-39/h3,5-8,11-18,31-34,37,41H,4,9-10,19-24H2,1-2H3/q+1/t31-,32-,33-,34-,37-/m1/s1. The van der Waals surface area contributed by atoms with Crippen LogP contribution in [0, 0.1) is 0 Å². The molecule has 10 nitrogen and oxygen atoms in total. The Hall–Kier alpha value is -3.93. The summed E-state index contributed by atoms with van der Waals surface area (Å²) in [5.74, 6) is -1.83. The van der Waals surface area contributed by atoms with Gasteiger partial charge in [-0.1, -0.05) is 66.7 Å². The van der Waals surface area contributed by atoms with Gasteiger partial charge in [-0.25, -0.2) is 0 Å². The molecule has 0 aliphatic carbocycles. The van der Waals surface area contributed by atoms with Crippen molar-refractivity contribution in [1.82, 2.24) is 4.90 Å². The monoisotopic (exact) mass is 643 g/mol. The van der Waals surface area contributed by atoms with Gasteiger partial charge in [-0.2, -0.15) is 0 Å². The third kappa shape index (κ3) is 7.47. The van der Waals surface area contributed by atoms with Gasteiger partial charge in [0.1, 0.15) is 24.8 Å². The average Bonchev–Trinajstić information content (AvgIpc) is 3.32. The zero-order valence-corrected chi connectivity index (χ0v) is 27.0. The summed E-state index contributed by atoms with van der Waals surface area (Å²) < 4.78 is 25.2. The summed E-state index contributed by atoms with van der Waals surface area (Å²) in [7, 11) is 2.31. The normalized spacial score (nSPS) is 25.4. The summed E-state index contributed by atoms with van der Waals surface area (Å²) in [6.45, 7) is 4.84. The summed E-state index contributed by atoms with van der Waals surface area (Å²) in [4.78, 5) is 40.6. The van der Waals surface area contributed by atoms with Gasteiger partial charge in [-0.05, 0) is 42.5 Å². The van der Waals surface area contributed by atoms with E-state index in [4.69, 9.17) is 18.9 Å². The maximum Gasteiger partial charge on any atom is 0.303 e. The van der Waals surface area contributed by atoms with Crippen molar-refractivity contribution in [3.63, 3.8) is 0 Å². The molecule has 2 amide bonds. The number of imide groups is 1. The minimum Gasteiger partial charge on any atom is -0.457 e. The van der Waals surface area contributed by atoms with Gasteiger partial charge in [-0.15, -0.1) is 0 Å². The van der Waals surface area contributed by atoms with Crippen LogP contribution in [0.2, 0.25) is 0 Å². The number of hydrogen-bond donors (Lipinski definition) is 1. The first-order chi connectivity index (χ1) is 22.7. The molecule has 3 aromatic carbocycles. The lowest BCUT2D eigenvalue weighted by Gasteiger charge is -2.46. The molecule has 2 saturated heterocycles. The third-order valence-corrected chi connectivity index (χ3v) is 9.36. The highest BCUT2D eigenvalue weighted by molar-refractivity contribution is 6.21. The van der Waals surface area contributed by atoms with E-state index in [1.807, 2.05) is 42.5 Å². The number of fused-ring (bicyclic) bond motifs is 1. The second kappa shape index (κ2) is 14.5. The largest absolute Gasteiger partial charge is 0.457 e. The molecule has 10 heteroatoms. The fourth-order valence-electron chi connectivity index (χ4n) is 6.92. The molecule has 3 aliphatic rings. The first-order valence-electron chi connectivity index (χ1n) is 16.3. The van der Waals surface area contributed by atoms with Crippen molar-refractivity contribution < 1.29 is 42.9 Å². The molecule has 1 N–H and O–H groups in total. The van der Waals surface area contributed by atoms with Crippen LogP contribution in [0.3, 0.4) is 0 Å². The van der Waals surface area contributed by atoms with E-state index in [-0.39, 0.29) is 30.9 Å². The molecule has 3 aliphatic heterocycles. The lowest BCUT2D eigenvalue weighted by atomic mass is 9.95. The number of likely N-dealkylation sites (tertiary alicyclic amines) is 1. The number of aliphatic hydroxyl groups excluding tert-OH is 1. The minimum absolute atomic E-state index is 0.0474. The number of rotatable bonds is 11. The van der Waals surface area contributed by atoms with Crippen molar-refractivity contribution in [2.24, 2.45) is 0 Å². The van der Waals surface area contributed by atoms with Gasteiger partial charge >= 0.3 is 5.97 Å². The van der Waals surface area contributed by atoms with Gasteiger partial charge in [0.15, 0.2) is 12.4 Å². The first-order valence-corrected chi connectivity index (χ1v) is 16.3. The Labute approximate surface area is 275 Å². The van der Waals surface area contributed by atoms with Crippen LogP contribution >= 0.6 is 0 Å².